The van der Waals surface area contributed by atoms with Gasteiger partial charge in [-0.1, -0.05) is 6.07 Å². The smallest absolute Gasteiger partial charge is 0.252 e. The van der Waals surface area contributed by atoms with Gasteiger partial charge in [-0.25, -0.2) is 22.8 Å². The van der Waals surface area contributed by atoms with E-state index in [-0.39, 0.29) is 16.1 Å². The molecule has 4 heterocycles. The van der Waals surface area contributed by atoms with Crippen LogP contribution >= 0.6 is 11.3 Å². The van der Waals surface area contributed by atoms with Gasteiger partial charge in [0.15, 0.2) is 0 Å². The zero-order valence-electron chi connectivity index (χ0n) is 22.6. The van der Waals surface area contributed by atoms with Crippen molar-refractivity contribution in [1.82, 2.24) is 29.4 Å². The van der Waals surface area contributed by atoms with Gasteiger partial charge in [0, 0.05) is 56.8 Å². The number of nitrogens with one attached hydrogen (secondary N) is 1. The van der Waals surface area contributed by atoms with Crippen LogP contribution < -0.4 is 0 Å². The van der Waals surface area contributed by atoms with Crippen molar-refractivity contribution >= 4 is 32.3 Å². The van der Waals surface area contributed by atoms with Crippen molar-refractivity contribution in [3.8, 4) is 33.0 Å². The van der Waals surface area contributed by atoms with Gasteiger partial charge in [-0.05, 0) is 60.5 Å². The van der Waals surface area contributed by atoms with Gasteiger partial charge in [0.2, 0.25) is 0 Å². The number of thiophene rings is 1. The minimum atomic E-state index is -3.66. The minimum Gasteiger partial charge on any atom is -0.380 e. The molecule has 0 bridgehead atoms. The summed E-state index contributed by atoms with van der Waals surface area (Å²) < 4.78 is 47.4. The maximum atomic E-state index is 13.5. The fourth-order valence-electron chi connectivity index (χ4n) is 5.10. The fraction of sp³-hybridized carbons (Fsp3) is 0.276. The monoisotopic (exact) mass is 592 g/mol. The molecule has 0 aliphatic carbocycles. The first-order chi connectivity index (χ1) is 19.8. The summed E-state index contributed by atoms with van der Waals surface area (Å²) in [5.41, 5.74) is 4.69. The van der Waals surface area contributed by atoms with Crippen LogP contribution in [-0.4, -0.2) is 84.2 Å². The Labute approximate surface area is 241 Å². The molecule has 41 heavy (non-hydrogen) atoms. The first-order valence-electron chi connectivity index (χ1n) is 13.2. The Hall–Kier alpha value is -3.55. The molecule has 0 saturated carbocycles. The highest BCUT2D eigenvalue weighted by Gasteiger charge is 2.27. The molecule has 0 amide bonds. The predicted molar refractivity (Wildman–Crippen MR) is 157 cm³/mol. The zero-order valence-corrected chi connectivity index (χ0v) is 24.3. The molecule has 1 aliphatic rings. The number of aromatic nitrogens is 4. The zero-order chi connectivity index (χ0) is 28.6. The van der Waals surface area contributed by atoms with Crippen LogP contribution in [0.5, 0.6) is 0 Å². The number of ether oxygens (including phenoxy) is 1. The molecule has 1 N–H and O–H groups in total. The third kappa shape index (κ3) is 5.53. The van der Waals surface area contributed by atoms with Crippen LogP contribution in [0.4, 0.5) is 4.39 Å². The molecule has 0 radical (unpaired) electrons. The van der Waals surface area contributed by atoms with Gasteiger partial charge in [-0.3, -0.25) is 10.00 Å². The summed E-state index contributed by atoms with van der Waals surface area (Å²) in [4.78, 5) is 11.9. The largest absolute Gasteiger partial charge is 0.380 e. The lowest BCUT2D eigenvalue weighted by Gasteiger charge is -2.21. The number of likely N-dealkylation sites (N-methyl/N-ethyl adjacent to an activating group) is 1. The van der Waals surface area contributed by atoms with Gasteiger partial charge in [0.05, 0.1) is 34.1 Å². The Kier molecular flexibility index (Phi) is 7.66. The van der Waals surface area contributed by atoms with E-state index in [9.17, 15) is 12.8 Å². The standard InChI is InChI=1S/C29H29FN6O3S2/c1-35(13-14-36-12-11-22(17-36)39-2)41(37,38)27-10-9-26(40-27)29-23-15-20(5-8-25(23)31-18-32-29)24-16-33-34-28(24)19-3-6-21(30)7-4-19/h3-10,15-16,18,22H,11-14,17H2,1-2H3,(H,33,34). The van der Waals surface area contributed by atoms with Crippen LogP contribution in [0.1, 0.15) is 6.42 Å². The third-order valence-corrected chi connectivity index (χ3v) is 10.9. The van der Waals surface area contributed by atoms with E-state index in [1.165, 1.54) is 34.1 Å². The normalized spacial score (nSPS) is 16.2. The van der Waals surface area contributed by atoms with E-state index in [1.54, 1.807) is 44.6 Å². The van der Waals surface area contributed by atoms with E-state index in [0.717, 1.165) is 57.7 Å². The fourth-order valence-corrected chi connectivity index (χ4v) is 7.79. The van der Waals surface area contributed by atoms with E-state index in [1.807, 2.05) is 18.2 Å². The number of sulfonamides is 1. The number of rotatable bonds is 9. The molecule has 1 saturated heterocycles. The van der Waals surface area contributed by atoms with Crippen molar-refractivity contribution in [3.05, 3.63) is 72.9 Å². The number of nitrogens with zero attached hydrogens (tertiary/aromatic N) is 5. The molecule has 1 atom stereocenters. The predicted octanol–water partition coefficient (Wildman–Crippen LogP) is 4.90. The van der Waals surface area contributed by atoms with Crippen molar-refractivity contribution in [2.24, 2.45) is 0 Å². The highest BCUT2D eigenvalue weighted by Crippen LogP contribution is 2.37. The molecule has 212 valence electrons. The van der Waals surface area contributed by atoms with E-state index in [2.05, 4.69) is 25.1 Å². The van der Waals surface area contributed by atoms with Gasteiger partial charge in [0.1, 0.15) is 16.4 Å². The number of halogens is 1. The summed E-state index contributed by atoms with van der Waals surface area (Å²) in [6, 6.07) is 15.5. The Morgan fingerprint density at radius 3 is 2.71 bits per heavy atom. The summed E-state index contributed by atoms with van der Waals surface area (Å²) in [6.07, 6.45) is 4.39. The molecule has 0 spiro atoms. The molecule has 12 heteroatoms. The quantitative estimate of drug-likeness (QED) is 0.260. The van der Waals surface area contributed by atoms with Gasteiger partial charge in [-0.15, -0.1) is 11.3 Å². The lowest BCUT2D eigenvalue weighted by molar-refractivity contribution is 0.108. The number of likely N-dealkylation sites (tertiary alicyclic amines) is 1. The van der Waals surface area contributed by atoms with Gasteiger partial charge >= 0.3 is 0 Å². The number of aromatic amines is 1. The Morgan fingerprint density at radius 2 is 1.93 bits per heavy atom. The summed E-state index contributed by atoms with van der Waals surface area (Å²) in [5.74, 6) is -0.308. The highest BCUT2D eigenvalue weighted by molar-refractivity contribution is 7.91. The molecular weight excluding hydrogens is 563 g/mol. The maximum absolute atomic E-state index is 13.5. The summed E-state index contributed by atoms with van der Waals surface area (Å²) in [7, 11) is -0.330. The number of hydrogen-bond donors (Lipinski definition) is 1. The number of H-pyrrole nitrogens is 1. The van der Waals surface area contributed by atoms with E-state index in [0.29, 0.717) is 18.8 Å². The maximum Gasteiger partial charge on any atom is 0.252 e. The van der Waals surface area contributed by atoms with Gasteiger partial charge in [-0.2, -0.15) is 9.40 Å². The second-order valence-electron chi connectivity index (χ2n) is 10.0. The Balaban J connectivity index is 1.28. The third-order valence-electron chi connectivity index (χ3n) is 7.49. The minimum absolute atomic E-state index is 0.211. The van der Waals surface area contributed by atoms with Crippen molar-refractivity contribution in [3.63, 3.8) is 0 Å². The molecule has 6 rings (SSSR count). The lowest BCUT2D eigenvalue weighted by atomic mass is 9.99. The molecule has 1 fully saturated rings. The van der Waals surface area contributed by atoms with Gasteiger partial charge < -0.3 is 4.74 Å². The van der Waals surface area contributed by atoms with Crippen LogP contribution in [0.25, 0.3) is 43.9 Å². The second kappa shape index (κ2) is 11.4. The van der Waals surface area contributed by atoms with E-state index < -0.39 is 10.0 Å². The number of fused-ring (bicyclic) bond motifs is 1. The van der Waals surface area contributed by atoms with E-state index >= 15 is 0 Å². The van der Waals surface area contributed by atoms with Crippen molar-refractivity contribution in [2.75, 3.05) is 40.3 Å². The second-order valence-corrected chi connectivity index (χ2v) is 13.4. The molecule has 3 aromatic heterocycles. The van der Waals surface area contributed by atoms with Crippen molar-refractivity contribution in [2.45, 2.75) is 16.7 Å². The van der Waals surface area contributed by atoms with Crippen LogP contribution in [-0.2, 0) is 14.8 Å². The molecule has 2 aromatic carbocycles. The molecular formula is C29H29FN6O3S2. The number of benzene rings is 2. The molecule has 1 aliphatic heterocycles. The average molecular weight is 593 g/mol. The van der Waals surface area contributed by atoms with E-state index in [4.69, 9.17) is 4.74 Å². The average Bonchev–Trinajstić information content (AvgIpc) is 3.77. The van der Waals surface area contributed by atoms with Crippen LogP contribution in [0.2, 0.25) is 0 Å². The SMILES string of the molecule is COC1CCN(CCN(C)S(=O)(=O)c2ccc(-c3ncnc4ccc(-c5cn[nH]c5-c5ccc(F)cc5)cc34)s2)C1. The summed E-state index contributed by atoms with van der Waals surface area (Å²) in [5, 5.41) is 8.03. The van der Waals surface area contributed by atoms with Gasteiger partial charge in [0.25, 0.3) is 10.0 Å². The molecule has 1 unspecified atom stereocenters. The lowest BCUT2D eigenvalue weighted by Crippen LogP contribution is -2.35. The topological polar surface area (TPSA) is 104 Å². The Bertz CT molecular complexity index is 1790. The molecule has 5 aromatic rings. The van der Waals surface area contributed by atoms with Crippen molar-refractivity contribution in [1.29, 1.82) is 0 Å². The number of hydrogen-bond acceptors (Lipinski definition) is 8. The summed E-state index contributed by atoms with van der Waals surface area (Å²) in [6.45, 7) is 2.77. The first-order valence-corrected chi connectivity index (χ1v) is 15.5. The number of methoxy groups -OCH3 is 1. The summed E-state index contributed by atoms with van der Waals surface area (Å²) >= 11 is 1.20. The Morgan fingerprint density at radius 1 is 1.12 bits per heavy atom. The van der Waals surface area contributed by atoms with Crippen molar-refractivity contribution < 1.29 is 17.5 Å². The van der Waals surface area contributed by atoms with Crippen LogP contribution in [0, 0.1) is 5.82 Å². The van der Waals surface area contributed by atoms with Crippen LogP contribution in [0.15, 0.2) is 71.3 Å². The van der Waals surface area contributed by atoms with Crippen LogP contribution in [0.3, 0.4) is 0 Å². The molecule has 9 nitrogen and oxygen atoms in total. The highest BCUT2D eigenvalue weighted by atomic mass is 32.2. The first kappa shape index (κ1) is 27.6.